The van der Waals surface area contributed by atoms with Crippen LogP contribution in [0.15, 0.2) is 53.5 Å². The van der Waals surface area contributed by atoms with Crippen molar-refractivity contribution in [2.75, 3.05) is 7.11 Å². The molecular weight excluding hydrogens is 349 g/mol. The number of benzene rings is 2. The van der Waals surface area contributed by atoms with Crippen LogP contribution >= 0.6 is 0 Å². The number of aromatic nitrogens is 1. The molecular formula is C21H20FNO4. The molecule has 0 saturated carbocycles. The zero-order valence-corrected chi connectivity index (χ0v) is 15.2. The molecule has 3 rings (SSSR count). The molecule has 0 aliphatic rings. The van der Waals surface area contributed by atoms with E-state index in [1.54, 1.807) is 18.2 Å². The highest BCUT2D eigenvalue weighted by Crippen LogP contribution is 2.34. The van der Waals surface area contributed by atoms with Crippen LogP contribution in [0.1, 0.15) is 24.3 Å². The third kappa shape index (κ3) is 3.57. The first-order valence-corrected chi connectivity index (χ1v) is 8.40. The molecule has 0 fully saturated rings. The van der Waals surface area contributed by atoms with Crippen molar-refractivity contribution in [3.05, 3.63) is 76.0 Å². The Bertz CT molecular complexity index is 1060. The highest BCUT2D eigenvalue weighted by molar-refractivity contribution is 5.75. The number of rotatable bonds is 4. The largest absolute Gasteiger partial charge is 0.503 e. The maximum Gasteiger partial charge on any atom is 0.223 e. The molecule has 5 nitrogen and oxygen atoms in total. The number of ether oxygens (including phenoxy) is 1. The summed E-state index contributed by atoms with van der Waals surface area (Å²) in [6.07, 6.45) is 0.341. The Morgan fingerprint density at radius 1 is 1.11 bits per heavy atom. The number of aryl methyl sites for hydroxylation is 1. The van der Waals surface area contributed by atoms with E-state index in [2.05, 4.69) is 0 Å². The Balaban J connectivity index is 2.26. The summed E-state index contributed by atoms with van der Waals surface area (Å²) in [6, 6.07) is 10.9. The van der Waals surface area contributed by atoms with Crippen LogP contribution in [0.2, 0.25) is 0 Å². The Labute approximate surface area is 155 Å². The van der Waals surface area contributed by atoms with Gasteiger partial charge in [0.15, 0.2) is 5.75 Å². The summed E-state index contributed by atoms with van der Waals surface area (Å²) in [5.41, 5.74) is 2.58. The molecule has 0 aliphatic heterocycles. The number of nitrogens with zero attached hydrogens (tertiary/aromatic N) is 1. The smallest absolute Gasteiger partial charge is 0.223 e. The molecule has 0 aliphatic carbocycles. The fourth-order valence-corrected chi connectivity index (χ4v) is 3.02. The number of aliphatic hydroxyl groups is 1. The highest BCUT2D eigenvalue weighted by Gasteiger charge is 2.15. The summed E-state index contributed by atoms with van der Waals surface area (Å²) in [6.45, 7) is 3.43. The van der Waals surface area contributed by atoms with E-state index in [-0.39, 0.29) is 5.82 Å². The van der Waals surface area contributed by atoms with Crippen LogP contribution in [0, 0.1) is 12.7 Å². The standard InChI is InChI=1S/C21H20FNO4/c1-12-4-6-15(23-11-20(26)19(25)10-18(23)13(2)24)9-16(12)17-8-14(22)5-7-21(17)27-3/h4-11,13,24,26H,1-3H3. The number of hydrogen-bond donors (Lipinski definition) is 2. The second kappa shape index (κ2) is 7.25. The Morgan fingerprint density at radius 3 is 2.52 bits per heavy atom. The van der Waals surface area contributed by atoms with Crippen molar-refractivity contribution in [3.63, 3.8) is 0 Å². The third-order valence-electron chi connectivity index (χ3n) is 4.44. The molecule has 1 atom stereocenters. The SMILES string of the molecule is COc1ccc(F)cc1-c1cc(-n2cc(O)c(=O)cc2C(C)O)ccc1C. The zero-order valence-electron chi connectivity index (χ0n) is 15.2. The molecule has 1 aromatic heterocycles. The van der Waals surface area contributed by atoms with E-state index in [4.69, 9.17) is 4.74 Å². The summed E-state index contributed by atoms with van der Waals surface area (Å²) in [5.74, 6) is -0.290. The third-order valence-corrected chi connectivity index (χ3v) is 4.44. The summed E-state index contributed by atoms with van der Waals surface area (Å²) < 4.78 is 20.7. The Hall–Kier alpha value is -3.12. The van der Waals surface area contributed by atoms with Gasteiger partial charge in [-0.15, -0.1) is 0 Å². The molecule has 27 heavy (non-hydrogen) atoms. The average molecular weight is 369 g/mol. The van der Waals surface area contributed by atoms with Crippen molar-refractivity contribution < 1.29 is 19.3 Å². The van der Waals surface area contributed by atoms with Gasteiger partial charge in [-0.3, -0.25) is 4.79 Å². The van der Waals surface area contributed by atoms with E-state index >= 15 is 0 Å². The normalized spacial score (nSPS) is 12.0. The first-order chi connectivity index (χ1) is 12.8. The molecule has 6 heteroatoms. The van der Waals surface area contributed by atoms with Gasteiger partial charge in [-0.25, -0.2) is 4.39 Å². The number of halogens is 1. The second-order valence-corrected chi connectivity index (χ2v) is 6.34. The average Bonchev–Trinajstić information content (AvgIpc) is 2.64. The van der Waals surface area contributed by atoms with Gasteiger partial charge in [0.05, 0.1) is 25.1 Å². The van der Waals surface area contributed by atoms with Crippen molar-refractivity contribution in [1.29, 1.82) is 0 Å². The Kier molecular flexibility index (Phi) is 5.01. The van der Waals surface area contributed by atoms with Crippen molar-refractivity contribution in [3.8, 4) is 28.3 Å². The van der Waals surface area contributed by atoms with E-state index in [0.717, 1.165) is 11.1 Å². The Morgan fingerprint density at radius 2 is 1.85 bits per heavy atom. The number of hydrogen-bond acceptors (Lipinski definition) is 4. The lowest BCUT2D eigenvalue weighted by atomic mass is 9.98. The van der Waals surface area contributed by atoms with E-state index in [1.165, 1.54) is 43.0 Å². The summed E-state index contributed by atoms with van der Waals surface area (Å²) in [7, 11) is 1.52. The predicted octanol–water partition coefficient (Wildman–Crippen LogP) is 3.72. The van der Waals surface area contributed by atoms with Gasteiger partial charge in [0.25, 0.3) is 0 Å². The number of pyridine rings is 1. The molecule has 2 aromatic carbocycles. The van der Waals surface area contributed by atoms with Crippen LogP contribution < -0.4 is 10.2 Å². The molecule has 3 aromatic rings. The van der Waals surface area contributed by atoms with Crippen molar-refractivity contribution in [2.45, 2.75) is 20.0 Å². The van der Waals surface area contributed by atoms with Crippen LogP contribution in [0.3, 0.4) is 0 Å². The van der Waals surface area contributed by atoms with Crippen molar-refractivity contribution in [1.82, 2.24) is 4.57 Å². The van der Waals surface area contributed by atoms with Crippen LogP contribution in [0.5, 0.6) is 11.5 Å². The fourth-order valence-electron chi connectivity index (χ4n) is 3.02. The first-order valence-electron chi connectivity index (χ1n) is 8.40. The topological polar surface area (TPSA) is 71.7 Å². The maximum atomic E-state index is 13.8. The monoisotopic (exact) mass is 369 g/mol. The highest BCUT2D eigenvalue weighted by atomic mass is 19.1. The van der Waals surface area contributed by atoms with Gasteiger partial charge < -0.3 is 19.5 Å². The minimum atomic E-state index is -0.924. The molecule has 0 spiro atoms. The summed E-state index contributed by atoms with van der Waals surface area (Å²) >= 11 is 0. The summed E-state index contributed by atoms with van der Waals surface area (Å²) in [4.78, 5) is 11.8. The van der Waals surface area contributed by atoms with Gasteiger partial charge in [0, 0.05) is 17.3 Å². The maximum absolute atomic E-state index is 13.8. The fraction of sp³-hybridized carbons (Fsp3) is 0.190. The van der Waals surface area contributed by atoms with Gasteiger partial charge in [-0.1, -0.05) is 6.07 Å². The zero-order chi connectivity index (χ0) is 19.7. The van der Waals surface area contributed by atoms with Crippen LogP contribution in [0.25, 0.3) is 16.8 Å². The molecule has 1 unspecified atom stereocenters. The predicted molar refractivity (Wildman–Crippen MR) is 101 cm³/mol. The van der Waals surface area contributed by atoms with Gasteiger partial charge in [0.2, 0.25) is 5.43 Å². The van der Waals surface area contributed by atoms with E-state index < -0.39 is 17.3 Å². The minimum Gasteiger partial charge on any atom is -0.503 e. The number of aromatic hydroxyl groups is 1. The quantitative estimate of drug-likeness (QED) is 0.735. The van der Waals surface area contributed by atoms with Gasteiger partial charge in [-0.05, 0) is 55.3 Å². The van der Waals surface area contributed by atoms with Gasteiger partial charge in [-0.2, -0.15) is 0 Å². The second-order valence-electron chi connectivity index (χ2n) is 6.34. The number of aliphatic hydroxyl groups excluding tert-OH is 1. The van der Waals surface area contributed by atoms with Gasteiger partial charge >= 0.3 is 0 Å². The van der Waals surface area contributed by atoms with Gasteiger partial charge in [0.1, 0.15) is 11.6 Å². The van der Waals surface area contributed by atoms with Crippen molar-refractivity contribution in [2.24, 2.45) is 0 Å². The molecule has 0 amide bonds. The lowest BCUT2D eigenvalue weighted by Gasteiger charge is -2.18. The first kappa shape index (κ1) is 18.7. The lowest BCUT2D eigenvalue weighted by Crippen LogP contribution is -2.13. The molecule has 1 heterocycles. The van der Waals surface area contributed by atoms with E-state index in [1.807, 2.05) is 13.0 Å². The molecule has 0 saturated heterocycles. The molecule has 0 radical (unpaired) electrons. The summed E-state index contributed by atoms with van der Waals surface area (Å²) in [5, 5.41) is 19.9. The molecule has 0 bridgehead atoms. The van der Waals surface area contributed by atoms with Crippen LogP contribution in [0.4, 0.5) is 4.39 Å². The number of methoxy groups -OCH3 is 1. The van der Waals surface area contributed by atoms with E-state index in [9.17, 15) is 19.4 Å². The lowest BCUT2D eigenvalue weighted by molar-refractivity contribution is 0.191. The van der Waals surface area contributed by atoms with Crippen LogP contribution in [-0.2, 0) is 0 Å². The minimum absolute atomic E-state index is 0.332. The van der Waals surface area contributed by atoms with E-state index in [0.29, 0.717) is 22.7 Å². The van der Waals surface area contributed by atoms with Crippen molar-refractivity contribution >= 4 is 0 Å². The van der Waals surface area contributed by atoms with Crippen LogP contribution in [-0.4, -0.2) is 21.9 Å². The molecule has 2 N–H and O–H groups in total. The molecule has 140 valence electrons.